The second-order valence-electron chi connectivity index (χ2n) is 6.28. The van der Waals surface area contributed by atoms with Crippen LogP contribution in [0.1, 0.15) is 6.92 Å². The van der Waals surface area contributed by atoms with E-state index in [1.807, 2.05) is 30.3 Å². The average Bonchev–Trinajstić information content (AvgIpc) is 3.20. The molecule has 0 aliphatic rings. The Morgan fingerprint density at radius 2 is 1.83 bits per heavy atom. The number of aromatic nitrogens is 4. The fourth-order valence-electron chi connectivity index (χ4n) is 2.75. The van der Waals surface area contributed by atoms with Gasteiger partial charge in [0.1, 0.15) is 11.4 Å². The molecule has 1 unspecified atom stereocenters. The predicted molar refractivity (Wildman–Crippen MR) is 107 cm³/mol. The van der Waals surface area contributed by atoms with Crippen LogP contribution in [0.5, 0.6) is 0 Å². The van der Waals surface area contributed by atoms with Gasteiger partial charge in [-0.2, -0.15) is 5.10 Å². The second kappa shape index (κ2) is 8.15. The quantitative estimate of drug-likeness (QED) is 0.290. The number of amides is 1. The van der Waals surface area contributed by atoms with Crippen molar-refractivity contribution >= 4 is 34.4 Å². The van der Waals surface area contributed by atoms with E-state index in [2.05, 4.69) is 20.4 Å². The fourth-order valence-corrected chi connectivity index (χ4v) is 3.63. The van der Waals surface area contributed by atoms with E-state index < -0.39 is 34.3 Å². The summed E-state index contributed by atoms with van der Waals surface area (Å²) in [6.45, 7) is 1.59. The highest BCUT2D eigenvalue weighted by Gasteiger charge is 2.21. The lowest BCUT2D eigenvalue weighted by Gasteiger charge is -2.13. The van der Waals surface area contributed by atoms with Crippen LogP contribution in [0, 0.1) is 17.5 Å². The zero-order chi connectivity index (χ0) is 21.3. The highest BCUT2D eigenvalue weighted by atomic mass is 32.2. The first-order chi connectivity index (χ1) is 14.5. The Bertz CT molecular complexity index is 1230. The van der Waals surface area contributed by atoms with Crippen molar-refractivity contribution < 1.29 is 18.0 Å². The third-order valence-electron chi connectivity index (χ3n) is 4.28. The molecule has 4 aromatic rings. The van der Waals surface area contributed by atoms with Gasteiger partial charge in [0.2, 0.25) is 5.91 Å². The smallest absolute Gasteiger partial charge is 0.237 e. The first-order valence-electron chi connectivity index (χ1n) is 8.81. The predicted octanol–water partition coefficient (Wildman–Crippen LogP) is 4.35. The van der Waals surface area contributed by atoms with Gasteiger partial charge in [0.15, 0.2) is 23.1 Å². The SMILES string of the molecule is CC(Sc1ncnc2c1cnn2-c1ccccc1)C(=O)Nc1ccc(F)c(F)c1F. The minimum Gasteiger partial charge on any atom is -0.323 e. The highest BCUT2D eigenvalue weighted by molar-refractivity contribution is 8.00. The van der Waals surface area contributed by atoms with Crippen LogP contribution >= 0.6 is 11.8 Å². The third kappa shape index (κ3) is 3.73. The molecule has 0 saturated carbocycles. The van der Waals surface area contributed by atoms with Crippen LogP contribution in [-0.2, 0) is 4.79 Å². The molecule has 1 amide bonds. The Kier molecular flexibility index (Phi) is 5.40. The van der Waals surface area contributed by atoms with Crippen LogP contribution in [-0.4, -0.2) is 30.9 Å². The molecule has 4 rings (SSSR count). The molecule has 0 spiro atoms. The van der Waals surface area contributed by atoms with E-state index in [-0.39, 0.29) is 0 Å². The van der Waals surface area contributed by atoms with Gasteiger partial charge in [-0.1, -0.05) is 30.0 Å². The van der Waals surface area contributed by atoms with Crippen molar-refractivity contribution in [3.8, 4) is 5.69 Å². The molecule has 0 radical (unpaired) electrons. The second-order valence-corrected chi connectivity index (χ2v) is 7.61. The Morgan fingerprint density at radius 1 is 1.07 bits per heavy atom. The number of rotatable bonds is 5. The summed E-state index contributed by atoms with van der Waals surface area (Å²) in [6, 6.07) is 11.1. The lowest BCUT2D eigenvalue weighted by molar-refractivity contribution is -0.115. The van der Waals surface area contributed by atoms with Gasteiger partial charge in [-0.15, -0.1) is 0 Å². The maximum absolute atomic E-state index is 13.8. The van der Waals surface area contributed by atoms with Crippen molar-refractivity contribution in [1.29, 1.82) is 0 Å². The van der Waals surface area contributed by atoms with E-state index in [4.69, 9.17) is 0 Å². The minimum atomic E-state index is -1.64. The van der Waals surface area contributed by atoms with Crippen molar-refractivity contribution in [3.05, 3.63) is 72.4 Å². The average molecular weight is 429 g/mol. The summed E-state index contributed by atoms with van der Waals surface area (Å²) >= 11 is 1.12. The van der Waals surface area contributed by atoms with Crippen molar-refractivity contribution in [3.63, 3.8) is 0 Å². The van der Waals surface area contributed by atoms with Crippen molar-refractivity contribution in [2.45, 2.75) is 17.2 Å². The molecule has 30 heavy (non-hydrogen) atoms. The summed E-state index contributed by atoms with van der Waals surface area (Å²) in [4.78, 5) is 20.9. The van der Waals surface area contributed by atoms with Crippen LogP contribution < -0.4 is 5.32 Å². The fraction of sp³-hybridized carbons (Fsp3) is 0.100. The van der Waals surface area contributed by atoms with Crippen LogP contribution in [0.25, 0.3) is 16.7 Å². The molecule has 0 aliphatic heterocycles. The molecule has 10 heteroatoms. The topological polar surface area (TPSA) is 72.7 Å². The molecule has 6 nitrogen and oxygen atoms in total. The lowest BCUT2D eigenvalue weighted by Crippen LogP contribution is -2.23. The molecular formula is C20H14F3N5OS. The van der Waals surface area contributed by atoms with Crippen molar-refractivity contribution in [1.82, 2.24) is 19.7 Å². The van der Waals surface area contributed by atoms with Crippen molar-refractivity contribution in [2.24, 2.45) is 0 Å². The summed E-state index contributed by atoms with van der Waals surface area (Å²) in [5.41, 5.74) is 0.954. The number of anilines is 1. The van der Waals surface area contributed by atoms with Gasteiger partial charge in [-0.05, 0) is 31.2 Å². The van der Waals surface area contributed by atoms with Gasteiger partial charge >= 0.3 is 0 Å². The van der Waals surface area contributed by atoms with Crippen molar-refractivity contribution in [2.75, 3.05) is 5.32 Å². The van der Waals surface area contributed by atoms with Crippen LogP contribution in [0.4, 0.5) is 18.9 Å². The number of para-hydroxylation sites is 1. The van der Waals surface area contributed by atoms with E-state index in [9.17, 15) is 18.0 Å². The zero-order valence-corrected chi connectivity index (χ0v) is 16.3. The van der Waals surface area contributed by atoms with Crippen LogP contribution in [0.3, 0.4) is 0 Å². The number of benzene rings is 2. The van der Waals surface area contributed by atoms with E-state index in [1.54, 1.807) is 17.8 Å². The number of halogens is 3. The Balaban J connectivity index is 1.56. The summed E-state index contributed by atoms with van der Waals surface area (Å²) in [6.07, 6.45) is 2.97. The molecule has 2 aromatic heterocycles. The Morgan fingerprint density at radius 3 is 2.60 bits per heavy atom. The van der Waals surface area contributed by atoms with Gasteiger partial charge in [-0.25, -0.2) is 27.8 Å². The molecule has 2 aromatic carbocycles. The number of hydrogen-bond donors (Lipinski definition) is 1. The van der Waals surface area contributed by atoms with Crippen LogP contribution in [0.15, 0.2) is 60.0 Å². The van der Waals surface area contributed by atoms with Gasteiger partial charge in [-0.3, -0.25) is 4.79 Å². The molecule has 152 valence electrons. The molecule has 0 fully saturated rings. The van der Waals surface area contributed by atoms with Crippen LogP contribution in [0.2, 0.25) is 0 Å². The summed E-state index contributed by atoms with van der Waals surface area (Å²) in [5.74, 6) is -5.01. The first-order valence-corrected chi connectivity index (χ1v) is 9.69. The number of hydrogen-bond acceptors (Lipinski definition) is 5. The molecular weight excluding hydrogens is 415 g/mol. The Hall–Kier alpha value is -3.40. The van der Waals surface area contributed by atoms with E-state index in [0.717, 1.165) is 29.6 Å². The molecule has 1 N–H and O–H groups in total. The third-order valence-corrected chi connectivity index (χ3v) is 5.40. The molecule has 0 saturated heterocycles. The summed E-state index contributed by atoms with van der Waals surface area (Å²) in [5, 5.41) is 7.06. The number of thioether (sulfide) groups is 1. The normalized spacial score (nSPS) is 12.1. The summed E-state index contributed by atoms with van der Waals surface area (Å²) < 4.78 is 41.9. The highest BCUT2D eigenvalue weighted by Crippen LogP contribution is 2.30. The van der Waals surface area contributed by atoms with E-state index in [1.165, 1.54) is 6.33 Å². The maximum Gasteiger partial charge on any atom is 0.237 e. The monoisotopic (exact) mass is 429 g/mol. The molecule has 1 atom stereocenters. The first kappa shape index (κ1) is 19.9. The number of fused-ring (bicyclic) bond motifs is 1. The Labute approximate surface area is 173 Å². The zero-order valence-electron chi connectivity index (χ0n) is 15.5. The standard InChI is InChI=1S/C20H14F3N5OS/c1-11(19(29)27-15-8-7-14(21)16(22)17(15)23)30-20-13-9-26-28(18(13)24-10-25-20)12-5-3-2-4-6-12/h2-11H,1H3,(H,27,29). The summed E-state index contributed by atoms with van der Waals surface area (Å²) in [7, 11) is 0. The van der Waals surface area contributed by atoms with Gasteiger partial charge in [0.25, 0.3) is 0 Å². The molecule has 0 aliphatic carbocycles. The molecule has 0 bridgehead atoms. The molecule has 2 heterocycles. The number of carbonyl (C=O) groups excluding carboxylic acids is 1. The minimum absolute atomic E-state index is 0.434. The van der Waals surface area contributed by atoms with Gasteiger partial charge in [0.05, 0.1) is 28.2 Å². The largest absolute Gasteiger partial charge is 0.323 e. The number of nitrogens with one attached hydrogen (secondary N) is 1. The number of nitrogens with zero attached hydrogens (tertiary/aromatic N) is 4. The lowest BCUT2D eigenvalue weighted by atomic mass is 10.2. The van der Waals surface area contributed by atoms with E-state index in [0.29, 0.717) is 16.1 Å². The van der Waals surface area contributed by atoms with E-state index >= 15 is 0 Å². The van der Waals surface area contributed by atoms with Gasteiger partial charge < -0.3 is 5.32 Å². The maximum atomic E-state index is 13.8. The van der Waals surface area contributed by atoms with Gasteiger partial charge in [0, 0.05) is 0 Å². The number of carbonyl (C=O) groups is 1.